The van der Waals surface area contributed by atoms with Crippen molar-refractivity contribution in [2.24, 2.45) is 0 Å². The SMILES string of the molecule is CC(C)(C)c1cc(-c2ccsc2)nc(=O)[nH]1. The third kappa shape index (κ3) is 2.22. The Morgan fingerprint density at radius 1 is 1.38 bits per heavy atom. The Morgan fingerprint density at radius 3 is 2.69 bits per heavy atom. The standard InChI is InChI=1S/C12H14N2OS/c1-12(2,3)10-6-9(13-11(15)14-10)8-4-5-16-7-8/h4-7H,1-3H3,(H,13,14,15). The summed E-state index contributed by atoms with van der Waals surface area (Å²) in [6.07, 6.45) is 0. The number of aromatic amines is 1. The topological polar surface area (TPSA) is 45.8 Å². The first-order valence-corrected chi connectivity index (χ1v) is 6.05. The zero-order valence-corrected chi connectivity index (χ0v) is 10.4. The van der Waals surface area contributed by atoms with Crippen LogP contribution in [0.2, 0.25) is 0 Å². The van der Waals surface area contributed by atoms with Gasteiger partial charge < -0.3 is 4.98 Å². The molecule has 0 radical (unpaired) electrons. The van der Waals surface area contributed by atoms with Crippen molar-refractivity contribution in [3.63, 3.8) is 0 Å². The molecule has 2 aromatic heterocycles. The van der Waals surface area contributed by atoms with Gasteiger partial charge in [0.25, 0.3) is 0 Å². The van der Waals surface area contributed by atoms with Gasteiger partial charge in [0.15, 0.2) is 0 Å². The quantitative estimate of drug-likeness (QED) is 0.824. The number of H-pyrrole nitrogens is 1. The van der Waals surface area contributed by atoms with Gasteiger partial charge in [-0.2, -0.15) is 16.3 Å². The number of aromatic nitrogens is 2. The molecule has 16 heavy (non-hydrogen) atoms. The number of thiophene rings is 1. The molecule has 1 N–H and O–H groups in total. The van der Waals surface area contributed by atoms with E-state index < -0.39 is 0 Å². The Balaban J connectivity index is 2.57. The fraction of sp³-hybridized carbons (Fsp3) is 0.333. The normalized spacial score (nSPS) is 11.7. The van der Waals surface area contributed by atoms with Gasteiger partial charge in [-0.05, 0) is 17.5 Å². The molecular formula is C12H14N2OS. The molecule has 0 aliphatic carbocycles. The van der Waals surface area contributed by atoms with Crippen molar-refractivity contribution in [3.05, 3.63) is 39.1 Å². The minimum absolute atomic E-state index is 0.0765. The first kappa shape index (κ1) is 11.1. The van der Waals surface area contributed by atoms with Gasteiger partial charge in [0.1, 0.15) is 0 Å². The van der Waals surface area contributed by atoms with E-state index >= 15 is 0 Å². The van der Waals surface area contributed by atoms with Gasteiger partial charge in [-0.25, -0.2) is 4.79 Å². The van der Waals surface area contributed by atoms with Crippen LogP contribution in [0.25, 0.3) is 11.3 Å². The highest BCUT2D eigenvalue weighted by molar-refractivity contribution is 7.08. The molecule has 0 fully saturated rings. The van der Waals surface area contributed by atoms with Crippen molar-refractivity contribution in [3.8, 4) is 11.3 Å². The summed E-state index contributed by atoms with van der Waals surface area (Å²) >= 11 is 1.60. The van der Waals surface area contributed by atoms with Crippen LogP contribution in [0.4, 0.5) is 0 Å². The molecule has 2 heterocycles. The lowest BCUT2D eigenvalue weighted by Crippen LogP contribution is -2.21. The molecule has 0 aliphatic rings. The van der Waals surface area contributed by atoms with Crippen LogP contribution in [0, 0.1) is 0 Å². The summed E-state index contributed by atoms with van der Waals surface area (Å²) in [4.78, 5) is 18.3. The molecule has 2 rings (SSSR count). The minimum Gasteiger partial charge on any atom is -0.309 e. The van der Waals surface area contributed by atoms with Gasteiger partial charge in [0.05, 0.1) is 5.69 Å². The lowest BCUT2D eigenvalue weighted by molar-refractivity contribution is 0.564. The van der Waals surface area contributed by atoms with Crippen LogP contribution in [0.15, 0.2) is 27.7 Å². The van der Waals surface area contributed by atoms with E-state index in [1.54, 1.807) is 11.3 Å². The number of nitrogens with one attached hydrogen (secondary N) is 1. The Bertz CT molecular complexity index is 535. The van der Waals surface area contributed by atoms with E-state index in [-0.39, 0.29) is 11.1 Å². The Kier molecular flexibility index (Phi) is 2.68. The Morgan fingerprint density at radius 2 is 2.12 bits per heavy atom. The molecule has 0 saturated carbocycles. The molecule has 0 unspecified atom stereocenters. The van der Waals surface area contributed by atoms with Crippen molar-refractivity contribution in [2.75, 3.05) is 0 Å². The fourth-order valence-electron chi connectivity index (χ4n) is 1.42. The van der Waals surface area contributed by atoms with Crippen molar-refractivity contribution < 1.29 is 0 Å². The average molecular weight is 234 g/mol. The highest BCUT2D eigenvalue weighted by atomic mass is 32.1. The minimum atomic E-state index is -0.284. The molecule has 84 valence electrons. The van der Waals surface area contributed by atoms with Crippen LogP contribution >= 0.6 is 11.3 Å². The lowest BCUT2D eigenvalue weighted by Gasteiger charge is -2.18. The summed E-state index contributed by atoms with van der Waals surface area (Å²) in [6.45, 7) is 6.20. The molecule has 0 atom stereocenters. The van der Waals surface area contributed by atoms with E-state index in [0.29, 0.717) is 0 Å². The molecule has 0 aromatic carbocycles. The van der Waals surface area contributed by atoms with Crippen LogP contribution in [0.3, 0.4) is 0 Å². The third-order valence-corrected chi connectivity index (χ3v) is 3.05. The highest BCUT2D eigenvalue weighted by Crippen LogP contribution is 2.24. The second-order valence-electron chi connectivity index (χ2n) is 4.75. The molecule has 0 saturated heterocycles. The van der Waals surface area contributed by atoms with Gasteiger partial charge in [-0.3, -0.25) is 0 Å². The molecule has 3 nitrogen and oxygen atoms in total. The molecular weight excluding hydrogens is 220 g/mol. The maximum atomic E-state index is 11.5. The van der Waals surface area contributed by atoms with E-state index in [2.05, 4.69) is 30.7 Å². The highest BCUT2D eigenvalue weighted by Gasteiger charge is 2.16. The summed E-state index contributed by atoms with van der Waals surface area (Å²) in [7, 11) is 0. The van der Waals surface area contributed by atoms with Crippen molar-refractivity contribution in [2.45, 2.75) is 26.2 Å². The monoisotopic (exact) mass is 234 g/mol. The second-order valence-corrected chi connectivity index (χ2v) is 5.53. The first-order chi connectivity index (χ1) is 7.47. The first-order valence-electron chi connectivity index (χ1n) is 5.11. The smallest absolute Gasteiger partial charge is 0.309 e. The van der Waals surface area contributed by atoms with Crippen LogP contribution < -0.4 is 5.69 Å². The summed E-state index contributed by atoms with van der Waals surface area (Å²) in [6, 6.07) is 3.92. The van der Waals surface area contributed by atoms with Gasteiger partial charge in [0.2, 0.25) is 0 Å². The number of hydrogen-bond acceptors (Lipinski definition) is 3. The molecule has 0 spiro atoms. The largest absolute Gasteiger partial charge is 0.345 e. The summed E-state index contributed by atoms with van der Waals surface area (Å²) in [5, 5.41) is 3.98. The van der Waals surface area contributed by atoms with Gasteiger partial charge >= 0.3 is 5.69 Å². The molecule has 2 aromatic rings. The van der Waals surface area contributed by atoms with E-state index in [4.69, 9.17) is 0 Å². The fourth-order valence-corrected chi connectivity index (χ4v) is 2.07. The predicted octanol–water partition coefficient (Wildman–Crippen LogP) is 2.80. The van der Waals surface area contributed by atoms with E-state index in [9.17, 15) is 4.79 Å². The maximum absolute atomic E-state index is 11.5. The number of nitrogens with zero attached hydrogens (tertiary/aromatic N) is 1. The van der Waals surface area contributed by atoms with Gasteiger partial charge in [-0.1, -0.05) is 20.8 Å². The summed E-state index contributed by atoms with van der Waals surface area (Å²) < 4.78 is 0. The van der Waals surface area contributed by atoms with Crippen LogP contribution in [0.1, 0.15) is 26.5 Å². The van der Waals surface area contributed by atoms with E-state index in [0.717, 1.165) is 17.0 Å². The van der Waals surface area contributed by atoms with Gasteiger partial charge in [0, 0.05) is 22.1 Å². The van der Waals surface area contributed by atoms with Crippen molar-refractivity contribution in [1.82, 2.24) is 9.97 Å². The molecule has 4 heteroatoms. The number of hydrogen-bond donors (Lipinski definition) is 1. The summed E-state index contributed by atoms with van der Waals surface area (Å²) in [5.41, 5.74) is 2.30. The van der Waals surface area contributed by atoms with Crippen LogP contribution in [0.5, 0.6) is 0 Å². The molecule has 0 bridgehead atoms. The van der Waals surface area contributed by atoms with Gasteiger partial charge in [-0.15, -0.1) is 0 Å². The zero-order valence-electron chi connectivity index (χ0n) is 9.57. The average Bonchev–Trinajstić information content (AvgIpc) is 2.68. The number of rotatable bonds is 1. The summed E-state index contributed by atoms with van der Waals surface area (Å²) in [5.74, 6) is 0. The third-order valence-electron chi connectivity index (χ3n) is 2.37. The van der Waals surface area contributed by atoms with Crippen LogP contribution in [-0.2, 0) is 5.41 Å². The Hall–Kier alpha value is -1.42. The Labute approximate surface area is 98.2 Å². The lowest BCUT2D eigenvalue weighted by atomic mass is 9.91. The molecule has 0 aliphatic heterocycles. The van der Waals surface area contributed by atoms with Crippen LogP contribution in [-0.4, -0.2) is 9.97 Å². The predicted molar refractivity (Wildman–Crippen MR) is 66.9 cm³/mol. The van der Waals surface area contributed by atoms with Crippen molar-refractivity contribution in [1.29, 1.82) is 0 Å². The molecule has 0 amide bonds. The van der Waals surface area contributed by atoms with Crippen molar-refractivity contribution >= 4 is 11.3 Å². The maximum Gasteiger partial charge on any atom is 0.345 e. The zero-order chi connectivity index (χ0) is 11.8. The van der Waals surface area contributed by atoms with E-state index in [1.165, 1.54) is 0 Å². The van der Waals surface area contributed by atoms with E-state index in [1.807, 2.05) is 22.9 Å². The second kappa shape index (κ2) is 3.87.